The van der Waals surface area contributed by atoms with E-state index in [2.05, 4.69) is 29.2 Å². The quantitative estimate of drug-likeness (QED) is 0.592. The summed E-state index contributed by atoms with van der Waals surface area (Å²) in [6.07, 6.45) is 5.62. The van der Waals surface area contributed by atoms with Gasteiger partial charge in [-0.15, -0.1) is 0 Å². The number of aromatic nitrogens is 1. The third kappa shape index (κ3) is 3.84. The van der Waals surface area contributed by atoms with E-state index >= 15 is 0 Å². The van der Waals surface area contributed by atoms with Gasteiger partial charge in [-0.1, -0.05) is 0 Å². The molecule has 3 rings (SSSR count). The number of aryl methyl sites for hydroxylation is 1. The van der Waals surface area contributed by atoms with Gasteiger partial charge >= 0.3 is 11.9 Å². The van der Waals surface area contributed by atoms with Crippen LogP contribution in [-0.4, -0.2) is 23.6 Å². The van der Waals surface area contributed by atoms with Gasteiger partial charge < -0.3 is 18.5 Å². The molecule has 6 heteroatoms. The number of rotatable bonds is 6. The van der Waals surface area contributed by atoms with Crippen LogP contribution in [0.2, 0.25) is 0 Å². The second-order valence-corrected chi connectivity index (χ2v) is 6.13. The monoisotopic (exact) mass is 343 g/mol. The topological polar surface area (TPSA) is 70.7 Å². The van der Waals surface area contributed by atoms with Crippen molar-refractivity contribution in [1.29, 1.82) is 0 Å². The first-order valence-corrected chi connectivity index (χ1v) is 8.20. The Labute approximate surface area is 146 Å². The molecule has 0 aliphatic heterocycles. The summed E-state index contributed by atoms with van der Waals surface area (Å²) < 4.78 is 17.3. The molecule has 132 valence electrons. The molecule has 0 radical (unpaired) electrons. The minimum atomic E-state index is -0.566. The highest BCUT2D eigenvalue weighted by atomic mass is 16.5. The summed E-state index contributed by atoms with van der Waals surface area (Å²) in [5.74, 6) is -0.568. The Morgan fingerprint density at radius 1 is 1.32 bits per heavy atom. The van der Waals surface area contributed by atoms with E-state index < -0.39 is 11.9 Å². The molecular formula is C19H21NO5. The Kier molecular flexibility index (Phi) is 4.79. The lowest BCUT2D eigenvalue weighted by molar-refractivity contribution is -0.139. The smallest absolute Gasteiger partial charge is 0.373 e. The molecule has 1 saturated carbocycles. The van der Waals surface area contributed by atoms with E-state index in [0.29, 0.717) is 11.8 Å². The van der Waals surface area contributed by atoms with Crippen molar-refractivity contribution in [3.8, 4) is 0 Å². The van der Waals surface area contributed by atoms with E-state index in [1.54, 1.807) is 12.1 Å². The largest absolute Gasteiger partial charge is 0.463 e. The van der Waals surface area contributed by atoms with Crippen LogP contribution in [0.25, 0.3) is 6.08 Å². The third-order valence-electron chi connectivity index (χ3n) is 4.24. The first kappa shape index (κ1) is 17.1. The van der Waals surface area contributed by atoms with Gasteiger partial charge in [0.1, 0.15) is 12.4 Å². The summed E-state index contributed by atoms with van der Waals surface area (Å²) in [4.78, 5) is 23.2. The van der Waals surface area contributed by atoms with Gasteiger partial charge in [-0.25, -0.2) is 9.59 Å². The van der Waals surface area contributed by atoms with E-state index in [-0.39, 0.29) is 12.4 Å². The number of methoxy groups -OCH3 is 1. The summed E-state index contributed by atoms with van der Waals surface area (Å²) in [6.45, 7) is 4.10. The molecule has 2 aromatic rings. The number of ether oxygens (including phenoxy) is 2. The normalized spacial score (nSPS) is 14.0. The molecule has 25 heavy (non-hydrogen) atoms. The standard InChI is InChI=1S/C19H21NO5/c1-12-10-14(13(2)20(12)15-5-6-15)4-9-18(21)24-11-16-7-8-17(25-16)19(22)23-3/h4,7-10,15H,5-6,11H2,1-3H3/b9-4+. The molecular weight excluding hydrogens is 322 g/mol. The predicted molar refractivity (Wildman–Crippen MR) is 91.1 cm³/mol. The molecule has 2 heterocycles. The molecule has 0 aromatic carbocycles. The van der Waals surface area contributed by atoms with Crippen LogP contribution < -0.4 is 0 Å². The molecule has 2 aromatic heterocycles. The minimum absolute atomic E-state index is 0.0404. The van der Waals surface area contributed by atoms with Crippen molar-refractivity contribution in [3.05, 3.63) is 52.7 Å². The average Bonchev–Trinajstić information content (AvgIpc) is 3.23. The fourth-order valence-electron chi connectivity index (χ4n) is 2.88. The number of carbonyl (C=O) groups is 2. The maximum atomic E-state index is 11.9. The number of hydrogen-bond acceptors (Lipinski definition) is 5. The fraction of sp³-hybridized carbons (Fsp3) is 0.368. The van der Waals surface area contributed by atoms with Crippen LogP contribution in [0.15, 0.2) is 28.7 Å². The van der Waals surface area contributed by atoms with Crippen molar-refractivity contribution >= 4 is 18.0 Å². The molecule has 6 nitrogen and oxygen atoms in total. The van der Waals surface area contributed by atoms with E-state index in [1.165, 1.54) is 37.8 Å². The van der Waals surface area contributed by atoms with Crippen molar-refractivity contribution in [3.63, 3.8) is 0 Å². The zero-order valence-electron chi connectivity index (χ0n) is 14.6. The van der Waals surface area contributed by atoms with Crippen molar-refractivity contribution in [2.24, 2.45) is 0 Å². The third-order valence-corrected chi connectivity index (χ3v) is 4.24. The van der Waals surface area contributed by atoms with Crippen molar-refractivity contribution in [2.75, 3.05) is 7.11 Å². The van der Waals surface area contributed by atoms with Gasteiger partial charge in [-0.3, -0.25) is 0 Å². The SMILES string of the molecule is COC(=O)c1ccc(COC(=O)/C=C/c2cc(C)n(C3CC3)c2C)o1. The first-order valence-electron chi connectivity index (χ1n) is 8.20. The van der Waals surface area contributed by atoms with Gasteiger partial charge in [0.2, 0.25) is 5.76 Å². The summed E-state index contributed by atoms with van der Waals surface area (Å²) in [6, 6.07) is 5.74. The molecule has 0 spiro atoms. The van der Waals surface area contributed by atoms with Gasteiger partial charge in [0, 0.05) is 23.5 Å². The number of esters is 2. The average molecular weight is 343 g/mol. The van der Waals surface area contributed by atoms with Crippen molar-refractivity contribution in [1.82, 2.24) is 4.57 Å². The summed E-state index contributed by atoms with van der Waals surface area (Å²) in [5.41, 5.74) is 3.39. The van der Waals surface area contributed by atoms with Crippen LogP contribution in [0.4, 0.5) is 0 Å². The number of hydrogen-bond donors (Lipinski definition) is 0. The molecule has 1 fully saturated rings. The highest BCUT2D eigenvalue weighted by molar-refractivity contribution is 5.87. The Morgan fingerprint density at radius 2 is 2.08 bits per heavy atom. The minimum Gasteiger partial charge on any atom is -0.463 e. The zero-order valence-corrected chi connectivity index (χ0v) is 14.6. The lowest BCUT2D eigenvalue weighted by atomic mass is 10.2. The van der Waals surface area contributed by atoms with Crippen molar-refractivity contribution < 1.29 is 23.5 Å². The van der Waals surface area contributed by atoms with E-state index in [4.69, 9.17) is 9.15 Å². The van der Waals surface area contributed by atoms with Crippen LogP contribution in [0.3, 0.4) is 0 Å². The summed E-state index contributed by atoms with van der Waals surface area (Å²) in [7, 11) is 1.27. The number of furan rings is 1. The number of carbonyl (C=O) groups excluding carboxylic acids is 2. The van der Waals surface area contributed by atoms with Gasteiger partial charge in [0.25, 0.3) is 0 Å². The lowest BCUT2D eigenvalue weighted by Crippen LogP contribution is -2.01. The predicted octanol–water partition coefficient (Wildman–Crippen LogP) is 3.58. The lowest BCUT2D eigenvalue weighted by Gasteiger charge is -2.06. The van der Waals surface area contributed by atoms with Crippen molar-refractivity contribution in [2.45, 2.75) is 39.3 Å². The molecule has 0 unspecified atom stereocenters. The molecule has 1 aliphatic rings. The number of nitrogens with zero attached hydrogens (tertiary/aromatic N) is 1. The van der Waals surface area contributed by atoms with Gasteiger partial charge in [0.15, 0.2) is 0 Å². The Hall–Kier alpha value is -2.76. The van der Waals surface area contributed by atoms with E-state index in [9.17, 15) is 9.59 Å². The maximum absolute atomic E-state index is 11.9. The fourth-order valence-corrected chi connectivity index (χ4v) is 2.88. The maximum Gasteiger partial charge on any atom is 0.373 e. The second kappa shape index (κ2) is 7.01. The van der Waals surface area contributed by atoms with Gasteiger partial charge in [-0.2, -0.15) is 0 Å². The van der Waals surface area contributed by atoms with Crippen LogP contribution in [0.5, 0.6) is 0 Å². The first-order chi connectivity index (χ1) is 12.0. The Balaban J connectivity index is 1.57. The molecule has 0 bridgehead atoms. The molecule has 0 N–H and O–H groups in total. The Morgan fingerprint density at radius 3 is 2.76 bits per heavy atom. The van der Waals surface area contributed by atoms with E-state index in [1.807, 2.05) is 0 Å². The summed E-state index contributed by atoms with van der Waals surface area (Å²) >= 11 is 0. The van der Waals surface area contributed by atoms with Gasteiger partial charge in [-0.05, 0) is 56.5 Å². The summed E-state index contributed by atoms with van der Waals surface area (Å²) in [5, 5.41) is 0. The zero-order chi connectivity index (χ0) is 18.0. The molecule has 0 saturated heterocycles. The highest BCUT2D eigenvalue weighted by Gasteiger charge is 2.26. The van der Waals surface area contributed by atoms with Crippen LogP contribution >= 0.6 is 0 Å². The van der Waals surface area contributed by atoms with Gasteiger partial charge in [0.05, 0.1) is 7.11 Å². The van der Waals surface area contributed by atoms with Crippen LogP contribution in [0, 0.1) is 13.8 Å². The van der Waals surface area contributed by atoms with E-state index in [0.717, 1.165) is 11.3 Å². The molecule has 0 amide bonds. The van der Waals surface area contributed by atoms with Crippen LogP contribution in [-0.2, 0) is 20.9 Å². The highest BCUT2D eigenvalue weighted by Crippen LogP contribution is 2.38. The second-order valence-electron chi connectivity index (χ2n) is 6.13. The molecule has 1 aliphatic carbocycles. The molecule has 0 atom stereocenters. The Bertz CT molecular complexity index is 823. The van der Waals surface area contributed by atoms with Crippen LogP contribution in [0.1, 0.15) is 52.1 Å².